The van der Waals surface area contributed by atoms with E-state index >= 15 is 0 Å². The van der Waals surface area contributed by atoms with Crippen molar-refractivity contribution in [2.75, 3.05) is 0 Å². The van der Waals surface area contributed by atoms with E-state index in [4.69, 9.17) is 20.1 Å². The monoisotopic (exact) mass is 262 g/mol. The fourth-order valence-corrected chi connectivity index (χ4v) is 1.59. The number of fused-ring (bicyclic) bond motifs is 1. The van der Waals surface area contributed by atoms with Crippen molar-refractivity contribution in [2.45, 2.75) is 0 Å². The molecule has 0 aromatic heterocycles. The molecule has 2 aromatic carbocycles. The topological polar surface area (TPSA) is 112 Å². The third-order valence-electron chi connectivity index (χ3n) is 2.35. The summed E-state index contributed by atoms with van der Waals surface area (Å²) in [6.45, 7) is -0.250. The maximum Gasteiger partial charge on any atom is 0.336 e. The summed E-state index contributed by atoms with van der Waals surface area (Å²) < 4.78 is 0. The Morgan fingerprint density at radius 3 is 1.47 bits per heavy atom. The summed E-state index contributed by atoms with van der Waals surface area (Å²) >= 11 is 0. The van der Waals surface area contributed by atoms with E-state index in [2.05, 4.69) is 0 Å². The number of hydrogen-bond acceptors (Lipinski definition) is 3. The predicted molar refractivity (Wildman–Crippen MR) is 66.6 cm³/mol. The highest BCUT2D eigenvalue weighted by molar-refractivity contribution is 6.06. The third-order valence-corrected chi connectivity index (χ3v) is 2.35. The van der Waals surface area contributed by atoms with Crippen LogP contribution in [0.4, 0.5) is 0 Å². The van der Waals surface area contributed by atoms with Crippen molar-refractivity contribution in [1.82, 2.24) is 0 Å². The molecule has 0 saturated heterocycles. The molecule has 0 unspecified atom stereocenters. The Morgan fingerprint density at radius 1 is 0.895 bits per heavy atom. The lowest BCUT2D eigenvalue weighted by Crippen LogP contribution is -2.07. The quantitative estimate of drug-likeness (QED) is 0.713. The summed E-state index contributed by atoms with van der Waals surface area (Å²) in [6.07, 6.45) is 0. The van der Waals surface area contributed by atoms with Crippen molar-refractivity contribution in [2.24, 2.45) is 0 Å². The van der Waals surface area contributed by atoms with Gasteiger partial charge in [-0.2, -0.15) is 0 Å². The van der Waals surface area contributed by atoms with Crippen LogP contribution in [0.3, 0.4) is 0 Å². The highest BCUT2D eigenvalue weighted by atomic mass is 16.4. The lowest BCUT2D eigenvalue weighted by Gasteiger charge is -2.04. The lowest BCUT2D eigenvalue weighted by atomic mass is 10.0. The molecule has 0 aliphatic heterocycles. The van der Waals surface area contributed by atoms with Crippen LogP contribution in [-0.2, 0) is 4.79 Å². The molecule has 0 bridgehead atoms. The smallest absolute Gasteiger partial charge is 0.336 e. The fourth-order valence-electron chi connectivity index (χ4n) is 1.59. The average Bonchev–Trinajstić information content (AvgIpc) is 2.38. The van der Waals surface area contributed by atoms with E-state index in [1.165, 1.54) is 12.1 Å². The van der Waals surface area contributed by atoms with Gasteiger partial charge in [0.1, 0.15) is 0 Å². The van der Waals surface area contributed by atoms with E-state index in [9.17, 15) is 9.59 Å². The molecule has 6 heteroatoms. The summed E-state index contributed by atoms with van der Waals surface area (Å²) in [5.41, 5.74) is -0.377. The van der Waals surface area contributed by atoms with E-state index < -0.39 is 11.9 Å². The standard InChI is InChI=1S/C12H8O4.CH2O2/c13-11(14)9-5-7-3-1-2-4-8(7)6-10(9)12(15)16;2-1-3/h1-6H,(H,13,14)(H,15,16);1H,(H,2,3). The molecule has 0 spiro atoms. The molecule has 19 heavy (non-hydrogen) atoms. The van der Waals surface area contributed by atoms with Gasteiger partial charge in [0.2, 0.25) is 0 Å². The SMILES string of the molecule is O=C(O)c1cc2ccccc2cc1C(=O)O.O=CO. The van der Waals surface area contributed by atoms with Gasteiger partial charge in [0.25, 0.3) is 6.47 Å². The van der Waals surface area contributed by atoms with Crippen molar-refractivity contribution >= 4 is 29.2 Å². The van der Waals surface area contributed by atoms with E-state index in [0.29, 0.717) is 10.8 Å². The Kier molecular flexibility index (Phi) is 4.59. The van der Waals surface area contributed by atoms with E-state index in [1.807, 2.05) is 0 Å². The van der Waals surface area contributed by atoms with Crippen LogP contribution in [0, 0.1) is 0 Å². The van der Waals surface area contributed by atoms with E-state index in [0.717, 1.165) is 0 Å². The highest BCUT2D eigenvalue weighted by Crippen LogP contribution is 2.20. The van der Waals surface area contributed by atoms with Crippen LogP contribution in [-0.4, -0.2) is 33.7 Å². The predicted octanol–water partition coefficient (Wildman–Crippen LogP) is 1.94. The maximum absolute atomic E-state index is 10.9. The highest BCUT2D eigenvalue weighted by Gasteiger charge is 2.16. The van der Waals surface area contributed by atoms with Gasteiger partial charge >= 0.3 is 11.9 Å². The van der Waals surface area contributed by atoms with Gasteiger partial charge in [0.15, 0.2) is 0 Å². The second-order valence-electron chi connectivity index (χ2n) is 3.46. The van der Waals surface area contributed by atoms with Crippen LogP contribution in [0.15, 0.2) is 36.4 Å². The van der Waals surface area contributed by atoms with Crippen molar-refractivity contribution in [3.63, 3.8) is 0 Å². The number of hydrogen-bond donors (Lipinski definition) is 3. The molecule has 0 fully saturated rings. The van der Waals surface area contributed by atoms with Crippen molar-refractivity contribution in [3.05, 3.63) is 47.5 Å². The molecular formula is C13H10O6. The molecule has 98 valence electrons. The van der Waals surface area contributed by atoms with Gasteiger partial charge in [-0.15, -0.1) is 0 Å². The van der Waals surface area contributed by atoms with E-state index in [-0.39, 0.29) is 17.6 Å². The summed E-state index contributed by atoms with van der Waals surface area (Å²) in [5, 5.41) is 26.1. The number of carboxylic acids is 2. The normalized spacial score (nSPS) is 9.26. The third kappa shape index (κ3) is 3.29. The van der Waals surface area contributed by atoms with Crippen molar-refractivity contribution in [3.8, 4) is 0 Å². The molecule has 3 N–H and O–H groups in total. The minimum absolute atomic E-state index is 0.189. The Labute approximate surface area is 107 Å². The number of benzene rings is 2. The first-order valence-corrected chi connectivity index (χ1v) is 5.08. The van der Waals surface area contributed by atoms with Crippen LogP contribution >= 0.6 is 0 Å². The summed E-state index contributed by atoms with van der Waals surface area (Å²) in [4.78, 5) is 30.2. The first-order valence-electron chi connectivity index (χ1n) is 5.08. The van der Waals surface area contributed by atoms with Crippen LogP contribution < -0.4 is 0 Å². The van der Waals surface area contributed by atoms with E-state index in [1.54, 1.807) is 24.3 Å². The first-order chi connectivity index (χ1) is 9.01. The van der Waals surface area contributed by atoms with Crippen LogP contribution in [0.5, 0.6) is 0 Å². The minimum atomic E-state index is -1.23. The molecular weight excluding hydrogens is 252 g/mol. The molecule has 2 aromatic rings. The second-order valence-corrected chi connectivity index (χ2v) is 3.46. The van der Waals surface area contributed by atoms with Crippen LogP contribution in [0.25, 0.3) is 10.8 Å². The van der Waals surface area contributed by atoms with Gasteiger partial charge in [-0.05, 0) is 22.9 Å². The Hall–Kier alpha value is -2.89. The Balaban J connectivity index is 0.000000550. The number of carbonyl (C=O) groups is 3. The number of carboxylic acid groups (broad SMARTS) is 3. The second kappa shape index (κ2) is 6.15. The Bertz CT molecular complexity index is 580. The van der Waals surface area contributed by atoms with Crippen molar-refractivity contribution < 1.29 is 29.7 Å². The van der Waals surface area contributed by atoms with Crippen molar-refractivity contribution in [1.29, 1.82) is 0 Å². The molecule has 2 rings (SSSR count). The summed E-state index contributed by atoms with van der Waals surface area (Å²) in [6, 6.07) is 9.78. The maximum atomic E-state index is 10.9. The fraction of sp³-hybridized carbons (Fsp3) is 0. The zero-order valence-corrected chi connectivity index (χ0v) is 9.61. The molecule has 0 saturated carbocycles. The molecule has 0 radical (unpaired) electrons. The minimum Gasteiger partial charge on any atom is -0.483 e. The van der Waals surface area contributed by atoms with Gasteiger partial charge in [-0.3, -0.25) is 4.79 Å². The summed E-state index contributed by atoms with van der Waals surface area (Å²) in [7, 11) is 0. The Morgan fingerprint density at radius 2 is 1.21 bits per heavy atom. The average molecular weight is 262 g/mol. The zero-order chi connectivity index (χ0) is 14.4. The first kappa shape index (κ1) is 14.2. The zero-order valence-electron chi connectivity index (χ0n) is 9.61. The molecule has 0 aliphatic rings. The summed E-state index contributed by atoms with van der Waals surface area (Å²) in [5.74, 6) is -2.47. The van der Waals surface area contributed by atoms with Gasteiger partial charge in [-0.25, -0.2) is 9.59 Å². The number of aromatic carboxylic acids is 2. The lowest BCUT2D eigenvalue weighted by molar-refractivity contribution is -0.122. The molecule has 0 aliphatic carbocycles. The van der Waals surface area contributed by atoms with Crippen LogP contribution in [0.1, 0.15) is 20.7 Å². The van der Waals surface area contributed by atoms with Gasteiger partial charge in [0.05, 0.1) is 11.1 Å². The molecule has 0 atom stereocenters. The molecule has 0 heterocycles. The number of rotatable bonds is 2. The molecule has 0 amide bonds. The molecule has 6 nitrogen and oxygen atoms in total. The van der Waals surface area contributed by atoms with Crippen LogP contribution in [0.2, 0.25) is 0 Å². The largest absolute Gasteiger partial charge is 0.483 e. The van der Waals surface area contributed by atoms with Gasteiger partial charge in [-0.1, -0.05) is 24.3 Å². The van der Waals surface area contributed by atoms with Gasteiger partial charge in [0, 0.05) is 0 Å². The van der Waals surface area contributed by atoms with Gasteiger partial charge < -0.3 is 15.3 Å².